The molecule has 2 aliphatic rings. The minimum atomic E-state index is -0.213. The van der Waals surface area contributed by atoms with Gasteiger partial charge in [0.1, 0.15) is 0 Å². The Labute approximate surface area is 158 Å². The van der Waals surface area contributed by atoms with E-state index in [1.165, 1.54) is 12.8 Å². The van der Waals surface area contributed by atoms with Gasteiger partial charge in [-0.2, -0.15) is 0 Å². The van der Waals surface area contributed by atoms with E-state index in [0.717, 1.165) is 11.3 Å². The van der Waals surface area contributed by atoms with Crippen LogP contribution in [0.5, 0.6) is 5.88 Å². The van der Waals surface area contributed by atoms with Crippen molar-refractivity contribution in [1.29, 1.82) is 0 Å². The van der Waals surface area contributed by atoms with Crippen LogP contribution in [0.4, 0.5) is 5.69 Å². The zero-order chi connectivity index (χ0) is 18.8. The van der Waals surface area contributed by atoms with Gasteiger partial charge in [-0.05, 0) is 43.9 Å². The van der Waals surface area contributed by atoms with E-state index >= 15 is 0 Å². The van der Waals surface area contributed by atoms with Gasteiger partial charge >= 0.3 is 0 Å². The maximum Gasteiger partial charge on any atom is 0.251 e. The van der Waals surface area contributed by atoms with Crippen molar-refractivity contribution in [2.75, 3.05) is 18.1 Å². The summed E-state index contributed by atoms with van der Waals surface area (Å²) in [5.41, 5.74) is 2.51. The van der Waals surface area contributed by atoms with Crippen LogP contribution in [-0.4, -0.2) is 36.0 Å². The number of hydrogen-bond donors (Lipinski definition) is 1. The Hall–Kier alpha value is -2.89. The standard InChI is InChI=1S/C21H23N3O3/c1-14-2-6-18(7-3-14)24-12-17(11-20(24)25)23-21(26)16-8-9-22-19(10-16)27-13-15-4-5-15/h2-3,6-10,15,17H,4-5,11-13H2,1H3,(H,23,26)/t17-/m1/s1. The highest BCUT2D eigenvalue weighted by atomic mass is 16.5. The molecule has 2 amide bonds. The fraction of sp³-hybridized carbons (Fsp3) is 0.381. The van der Waals surface area contributed by atoms with E-state index in [4.69, 9.17) is 4.74 Å². The number of amides is 2. The van der Waals surface area contributed by atoms with Gasteiger partial charge in [0.15, 0.2) is 0 Å². The number of aromatic nitrogens is 1. The summed E-state index contributed by atoms with van der Waals surface area (Å²) in [5, 5.41) is 2.96. The normalized spacial score (nSPS) is 19.2. The predicted molar refractivity (Wildman–Crippen MR) is 102 cm³/mol. The molecule has 1 saturated carbocycles. The smallest absolute Gasteiger partial charge is 0.251 e. The third-order valence-electron chi connectivity index (χ3n) is 4.97. The number of carbonyl (C=O) groups is 2. The van der Waals surface area contributed by atoms with Crippen molar-refractivity contribution in [3.63, 3.8) is 0 Å². The molecular formula is C21H23N3O3. The summed E-state index contributed by atoms with van der Waals surface area (Å²) < 4.78 is 5.64. The van der Waals surface area contributed by atoms with E-state index in [1.54, 1.807) is 23.2 Å². The van der Waals surface area contributed by atoms with Crippen LogP contribution in [0.3, 0.4) is 0 Å². The molecule has 2 heterocycles. The Kier molecular flexibility index (Phi) is 4.79. The van der Waals surface area contributed by atoms with Crippen molar-refractivity contribution in [3.05, 3.63) is 53.7 Å². The monoisotopic (exact) mass is 365 g/mol. The van der Waals surface area contributed by atoms with Crippen LogP contribution in [0, 0.1) is 12.8 Å². The van der Waals surface area contributed by atoms with Crippen molar-refractivity contribution < 1.29 is 14.3 Å². The van der Waals surface area contributed by atoms with E-state index in [-0.39, 0.29) is 17.9 Å². The molecule has 0 unspecified atom stereocenters. The van der Waals surface area contributed by atoms with E-state index in [0.29, 0.717) is 36.9 Å². The molecule has 6 nitrogen and oxygen atoms in total. The fourth-order valence-corrected chi connectivity index (χ4v) is 3.16. The lowest BCUT2D eigenvalue weighted by Gasteiger charge is -2.17. The fourth-order valence-electron chi connectivity index (χ4n) is 3.16. The van der Waals surface area contributed by atoms with Gasteiger partial charge in [-0.15, -0.1) is 0 Å². The molecule has 6 heteroatoms. The van der Waals surface area contributed by atoms with Gasteiger partial charge in [-0.3, -0.25) is 9.59 Å². The topological polar surface area (TPSA) is 71.5 Å². The van der Waals surface area contributed by atoms with Crippen LogP contribution >= 0.6 is 0 Å². The quantitative estimate of drug-likeness (QED) is 0.854. The second-order valence-electron chi connectivity index (χ2n) is 7.35. The first kappa shape index (κ1) is 17.5. The van der Waals surface area contributed by atoms with Crippen LogP contribution in [0.1, 0.15) is 35.2 Å². The Morgan fingerprint density at radius 2 is 2.04 bits per heavy atom. The molecule has 0 spiro atoms. The highest BCUT2D eigenvalue weighted by molar-refractivity contribution is 5.99. The van der Waals surface area contributed by atoms with Crippen molar-refractivity contribution in [3.8, 4) is 5.88 Å². The molecule has 1 aliphatic heterocycles. The molecule has 0 radical (unpaired) electrons. The molecule has 27 heavy (non-hydrogen) atoms. The Morgan fingerprint density at radius 3 is 2.78 bits per heavy atom. The van der Waals surface area contributed by atoms with Gasteiger partial charge in [0.05, 0.1) is 12.6 Å². The van der Waals surface area contributed by atoms with Gasteiger partial charge in [-0.25, -0.2) is 4.98 Å². The summed E-state index contributed by atoms with van der Waals surface area (Å²) in [6.45, 7) is 3.14. The Morgan fingerprint density at radius 1 is 1.26 bits per heavy atom. The number of ether oxygens (including phenoxy) is 1. The number of nitrogens with zero attached hydrogens (tertiary/aromatic N) is 2. The minimum absolute atomic E-state index is 0.0207. The molecular weight excluding hydrogens is 342 g/mol. The molecule has 1 aromatic heterocycles. The van der Waals surface area contributed by atoms with Crippen molar-refractivity contribution >= 4 is 17.5 Å². The Balaban J connectivity index is 1.37. The zero-order valence-corrected chi connectivity index (χ0v) is 15.4. The van der Waals surface area contributed by atoms with Crippen molar-refractivity contribution in [2.45, 2.75) is 32.2 Å². The molecule has 1 atom stereocenters. The second kappa shape index (κ2) is 7.39. The Bertz CT molecular complexity index is 846. The molecule has 1 aliphatic carbocycles. The van der Waals surface area contributed by atoms with E-state index in [2.05, 4.69) is 10.3 Å². The van der Waals surface area contributed by atoms with E-state index in [1.807, 2.05) is 31.2 Å². The molecule has 2 fully saturated rings. The zero-order valence-electron chi connectivity index (χ0n) is 15.4. The summed E-state index contributed by atoms with van der Waals surface area (Å²) in [6, 6.07) is 10.9. The number of aryl methyl sites for hydroxylation is 1. The van der Waals surface area contributed by atoms with E-state index in [9.17, 15) is 9.59 Å². The largest absolute Gasteiger partial charge is 0.477 e. The lowest BCUT2D eigenvalue weighted by atomic mass is 10.2. The van der Waals surface area contributed by atoms with Crippen LogP contribution in [0.15, 0.2) is 42.6 Å². The van der Waals surface area contributed by atoms with Gasteiger partial charge in [0.2, 0.25) is 11.8 Å². The third kappa shape index (κ3) is 4.27. The first-order valence-corrected chi connectivity index (χ1v) is 9.35. The van der Waals surface area contributed by atoms with Crippen molar-refractivity contribution in [2.24, 2.45) is 5.92 Å². The summed E-state index contributed by atoms with van der Waals surface area (Å²) in [6.07, 6.45) is 4.28. The highest BCUT2D eigenvalue weighted by Gasteiger charge is 2.31. The van der Waals surface area contributed by atoms with Crippen LogP contribution in [0.25, 0.3) is 0 Å². The third-order valence-corrected chi connectivity index (χ3v) is 4.97. The second-order valence-corrected chi connectivity index (χ2v) is 7.35. The molecule has 0 bridgehead atoms. The number of pyridine rings is 1. The molecule has 2 aromatic rings. The van der Waals surface area contributed by atoms with Gasteiger partial charge < -0.3 is 15.0 Å². The van der Waals surface area contributed by atoms with Gasteiger partial charge in [0.25, 0.3) is 5.91 Å². The number of nitrogens with one attached hydrogen (secondary N) is 1. The molecule has 1 saturated heterocycles. The first-order chi connectivity index (χ1) is 13.1. The molecule has 1 N–H and O–H groups in total. The summed E-state index contributed by atoms with van der Waals surface area (Å²) >= 11 is 0. The van der Waals surface area contributed by atoms with Gasteiger partial charge in [0, 0.05) is 36.5 Å². The number of anilines is 1. The summed E-state index contributed by atoms with van der Waals surface area (Å²) in [4.78, 5) is 30.8. The number of hydrogen-bond acceptors (Lipinski definition) is 4. The SMILES string of the molecule is Cc1ccc(N2C[C@H](NC(=O)c3ccnc(OCC4CC4)c3)CC2=O)cc1. The highest BCUT2D eigenvalue weighted by Crippen LogP contribution is 2.29. The average Bonchev–Trinajstić information content (AvgIpc) is 3.43. The lowest BCUT2D eigenvalue weighted by molar-refractivity contribution is -0.117. The van der Waals surface area contributed by atoms with Crippen molar-refractivity contribution in [1.82, 2.24) is 10.3 Å². The van der Waals surface area contributed by atoms with Gasteiger partial charge in [-0.1, -0.05) is 17.7 Å². The average molecular weight is 365 g/mol. The lowest BCUT2D eigenvalue weighted by Crippen LogP contribution is -2.37. The maximum absolute atomic E-state index is 12.6. The van der Waals surface area contributed by atoms with Crippen LogP contribution < -0.4 is 15.0 Å². The van der Waals surface area contributed by atoms with Crippen LogP contribution in [0.2, 0.25) is 0 Å². The predicted octanol–water partition coefficient (Wildman–Crippen LogP) is 2.71. The van der Waals surface area contributed by atoms with Crippen LogP contribution in [-0.2, 0) is 4.79 Å². The number of carbonyl (C=O) groups excluding carboxylic acids is 2. The number of rotatable bonds is 6. The number of benzene rings is 1. The summed E-state index contributed by atoms with van der Waals surface area (Å²) in [7, 11) is 0. The molecule has 4 rings (SSSR count). The first-order valence-electron chi connectivity index (χ1n) is 9.35. The maximum atomic E-state index is 12.6. The van der Waals surface area contributed by atoms with E-state index < -0.39 is 0 Å². The molecule has 140 valence electrons. The minimum Gasteiger partial charge on any atom is -0.477 e. The molecule has 1 aromatic carbocycles. The summed E-state index contributed by atoms with van der Waals surface area (Å²) in [5.74, 6) is 0.907.